The van der Waals surface area contributed by atoms with Gasteiger partial charge in [0.1, 0.15) is 0 Å². The van der Waals surface area contributed by atoms with Crippen LogP contribution in [-0.2, 0) is 0 Å². The van der Waals surface area contributed by atoms with Crippen LogP contribution in [0.2, 0.25) is 0 Å². The monoisotopic (exact) mass is 199 g/mol. The number of aromatic nitrogens is 1. The lowest BCUT2D eigenvalue weighted by Crippen LogP contribution is -1.85. The third-order valence-electron chi connectivity index (χ3n) is 2.84. The van der Waals surface area contributed by atoms with Gasteiger partial charge in [-0.05, 0) is 42.9 Å². The first-order valence-corrected chi connectivity index (χ1v) is 5.57. The van der Waals surface area contributed by atoms with Crippen LogP contribution in [0.4, 0.5) is 0 Å². The Hall–Kier alpha value is -1.37. The molecule has 1 nitrogen and oxygen atoms in total. The van der Waals surface area contributed by atoms with Crippen LogP contribution >= 0.6 is 0 Å². The normalized spacial score (nSPS) is 20.9. The first-order chi connectivity index (χ1) is 7.25. The molecule has 0 saturated heterocycles. The summed E-state index contributed by atoms with van der Waals surface area (Å²) < 4.78 is 0. The Morgan fingerprint density at radius 3 is 2.93 bits per heavy atom. The lowest BCUT2D eigenvalue weighted by molar-refractivity contribution is 0.662. The van der Waals surface area contributed by atoms with Gasteiger partial charge < -0.3 is 0 Å². The van der Waals surface area contributed by atoms with Crippen molar-refractivity contribution in [2.24, 2.45) is 5.92 Å². The second-order valence-corrected chi connectivity index (χ2v) is 4.26. The fourth-order valence-electron chi connectivity index (χ4n) is 1.79. The minimum Gasteiger partial charge on any atom is -0.261 e. The molecule has 1 aromatic heterocycles. The molecule has 1 heterocycles. The lowest BCUT2D eigenvalue weighted by Gasteiger charge is -2.01. The van der Waals surface area contributed by atoms with Gasteiger partial charge >= 0.3 is 0 Å². The van der Waals surface area contributed by atoms with E-state index in [1.54, 1.807) is 0 Å². The van der Waals surface area contributed by atoms with E-state index >= 15 is 0 Å². The SMILES string of the molecule is Cc1ccc(C2=CCC[C@H](C)C=C2)cn1. The van der Waals surface area contributed by atoms with E-state index in [1.807, 2.05) is 13.1 Å². The van der Waals surface area contributed by atoms with Gasteiger partial charge in [-0.2, -0.15) is 0 Å². The molecule has 1 aromatic rings. The van der Waals surface area contributed by atoms with Gasteiger partial charge in [0.05, 0.1) is 0 Å². The van der Waals surface area contributed by atoms with Gasteiger partial charge in [-0.3, -0.25) is 4.98 Å². The van der Waals surface area contributed by atoms with Crippen LogP contribution < -0.4 is 0 Å². The Bertz CT molecular complexity index is 384. The highest BCUT2D eigenvalue weighted by atomic mass is 14.7. The summed E-state index contributed by atoms with van der Waals surface area (Å²) in [5.41, 5.74) is 3.61. The van der Waals surface area contributed by atoms with Crippen molar-refractivity contribution in [2.75, 3.05) is 0 Å². The van der Waals surface area contributed by atoms with Crippen LogP contribution in [0.15, 0.2) is 36.6 Å². The fourth-order valence-corrected chi connectivity index (χ4v) is 1.79. The van der Waals surface area contributed by atoms with Crippen LogP contribution in [0.5, 0.6) is 0 Å². The van der Waals surface area contributed by atoms with Crippen LogP contribution in [0.3, 0.4) is 0 Å². The van der Waals surface area contributed by atoms with Crippen molar-refractivity contribution in [3.05, 3.63) is 47.8 Å². The molecule has 1 aliphatic rings. The van der Waals surface area contributed by atoms with E-state index in [4.69, 9.17) is 0 Å². The van der Waals surface area contributed by atoms with Gasteiger partial charge in [0.25, 0.3) is 0 Å². The molecule has 0 aromatic carbocycles. The molecule has 0 saturated carbocycles. The van der Waals surface area contributed by atoms with Crippen molar-refractivity contribution in [1.82, 2.24) is 4.98 Å². The van der Waals surface area contributed by atoms with Crippen molar-refractivity contribution < 1.29 is 0 Å². The zero-order valence-corrected chi connectivity index (χ0v) is 9.40. The van der Waals surface area contributed by atoms with E-state index < -0.39 is 0 Å². The fraction of sp³-hybridized carbons (Fsp3) is 0.357. The highest BCUT2D eigenvalue weighted by Gasteiger charge is 2.04. The third-order valence-corrected chi connectivity index (χ3v) is 2.84. The Balaban J connectivity index is 2.26. The Kier molecular flexibility index (Phi) is 3.00. The standard InChI is InChI=1S/C14H17N/c1-11-4-3-5-13(8-6-11)14-9-7-12(2)15-10-14/h5-11H,3-4H2,1-2H3/t11-/m0/s1. The Morgan fingerprint density at radius 1 is 1.33 bits per heavy atom. The maximum absolute atomic E-state index is 4.33. The van der Waals surface area contributed by atoms with E-state index in [9.17, 15) is 0 Å². The minimum absolute atomic E-state index is 0.692. The van der Waals surface area contributed by atoms with Gasteiger partial charge in [0, 0.05) is 11.9 Å². The Labute approximate surface area is 91.6 Å². The van der Waals surface area contributed by atoms with Crippen molar-refractivity contribution in [3.8, 4) is 0 Å². The number of rotatable bonds is 1. The van der Waals surface area contributed by atoms with Gasteiger partial charge in [0.15, 0.2) is 0 Å². The molecule has 0 spiro atoms. The number of aryl methyl sites for hydroxylation is 1. The second kappa shape index (κ2) is 4.43. The highest BCUT2D eigenvalue weighted by molar-refractivity contribution is 5.73. The van der Waals surface area contributed by atoms with Crippen molar-refractivity contribution >= 4 is 5.57 Å². The summed E-state index contributed by atoms with van der Waals surface area (Å²) in [5, 5.41) is 0. The third kappa shape index (κ3) is 2.56. The quantitative estimate of drug-likeness (QED) is 0.671. The van der Waals surface area contributed by atoms with Gasteiger partial charge in [0.2, 0.25) is 0 Å². The number of pyridine rings is 1. The van der Waals surface area contributed by atoms with E-state index in [2.05, 4.69) is 42.3 Å². The van der Waals surface area contributed by atoms with Crippen LogP contribution in [-0.4, -0.2) is 4.98 Å². The molecule has 0 amide bonds. The molecule has 0 radical (unpaired) electrons. The van der Waals surface area contributed by atoms with Crippen LogP contribution in [0, 0.1) is 12.8 Å². The molecular weight excluding hydrogens is 182 g/mol. The largest absolute Gasteiger partial charge is 0.261 e. The summed E-state index contributed by atoms with van der Waals surface area (Å²) in [6.45, 7) is 4.28. The molecule has 0 fully saturated rings. The molecular formula is C14H17N. The number of nitrogens with zero attached hydrogens (tertiary/aromatic N) is 1. The lowest BCUT2D eigenvalue weighted by atomic mass is 10.1. The molecule has 1 atom stereocenters. The van der Waals surface area contributed by atoms with Gasteiger partial charge in [-0.15, -0.1) is 0 Å². The van der Waals surface area contributed by atoms with Crippen molar-refractivity contribution in [1.29, 1.82) is 0 Å². The zero-order chi connectivity index (χ0) is 10.7. The summed E-state index contributed by atoms with van der Waals surface area (Å²) in [6, 6.07) is 4.22. The van der Waals surface area contributed by atoms with Gasteiger partial charge in [-0.25, -0.2) is 0 Å². The summed E-state index contributed by atoms with van der Waals surface area (Å²) in [5.74, 6) is 0.692. The second-order valence-electron chi connectivity index (χ2n) is 4.26. The predicted octanol–water partition coefficient (Wildman–Crippen LogP) is 3.76. The average molecular weight is 199 g/mol. The molecule has 1 heteroatoms. The Morgan fingerprint density at radius 2 is 2.20 bits per heavy atom. The van der Waals surface area contributed by atoms with Gasteiger partial charge in [-0.1, -0.05) is 31.2 Å². The smallest absolute Gasteiger partial charge is 0.0373 e. The topological polar surface area (TPSA) is 12.9 Å². The number of hydrogen-bond acceptors (Lipinski definition) is 1. The summed E-state index contributed by atoms with van der Waals surface area (Å²) >= 11 is 0. The molecule has 15 heavy (non-hydrogen) atoms. The first kappa shape index (κ1) is 10.2. The molecule has 78 valence electrons. The van der Waals surface area contributed by atoms with E-state index in [0.717, 1.165) is 12.1 Å². The number of hydrogen-bond donors (Lipinski definition) is 0. The predicted molar refractivity (Wildman–Crippen MR) is 64.5 cm³/mol. The molecule has 2 rings (SSSR count). The summed E-state index contributed by atoms with van der Waals surface area (Å²) in [7, 11) is 0. The van der Waals surface area contributed by atoms with Crippen LogP contribution in [0.25, 0.3) is 5.57 Å². The molecule has 0 N–H and O–H groups in total. The van der Waals surface area contributed by atoms with E-state index in [1.165, 1.54) is 17.6 Å². The van der Waals surface area contributed by atoms with E-state index in [-0.39, 0.29) is 0 Å². The van der Waals surface area contributed by atoms with E-state index in [0.29, 0.717) is 5.92 Å². The zero-order valence-electron chi connectivity index (χ0n) is 9.40. The highest BCUT2D eigenvalue weighted by Crippen LogP contribution is 2.22. The molecule has 0 bridgehead atoms. The molecule has 0 unspecified atom stereocenters. The minimum atomic E-state index is 0.692. The maximum atomic E-state index is 4.33. The van der Waals surface area contributed by atoms with Crippen molar-refractivity contribution in [2.45, 2.75) is 26.7 Å². The average Bonchev–Trinajstić information content (AvgIpc) is 2.44. The number of allylic oxidation sites excluding steroid dienone is 4. The summed E-state index contributed by atoms with van der Waals surface area (Å²) in [6.07, 6.45) is 11.2. The molecule has 1 aliphatic carbocycles. The van der Waals surface area contributed by atoms with Crippen LogP contribution in [0.1, 0.15) is 31.0 Å². The maximum Gasteiger partial charge on any atom is 0.0373 e. The summed E-state index contributed by atoms with van der Waals surface area (Å²) in [4.78, 5) is 4.33. The van der Waals surface area contributed by atoms with Crippen molar-refractivity contribution in [3.63, 3.8) is 0 Å². The molecule has 0 aliphatic heterocycles. The first-order valence-electron chi connectivity index (χ1n) is 5.57.